The average molecular weight is 719 g/mol. The fourth-order valence-corrected chi connectivity index (χ4v) is 9.32. The number of aliphatic imine (C=N–C) groups is 1. The van der Waals surface area contributed by atoms with Crippen LogP contribution in [0.4, 0.5) is 11.4 Å². The third kappa shape index (κ3) is 5.36. The van der Waals surface area contributed by atoms with E-state index in [4.69, 9.17) is 4.99 Å². The molecular weight excluding hydrogens is 677 g/mol. The quantitative estimate of drug-likeness (QED) is 0.150. The zero-order chi connectivity index (χ0) is 37.8. The average Bonchev–Trinajstić information content (AvgIpc) is 3.71. The summed E-state index contributed by atoms with van der Waals surface area (Å²) >= 11 is 0. The maximum absolute atomic E-state index is 5.35. The smallest absolute Gasteiger partial charge is 0.0792 e. The lowest BCUT2D eigenvalue weighted by molar-refractivity contribution is 0.763. The Bertz CT molecular complexity index is 2750. The highest BCUT2D eigenvalue weighted by molar-refractivity contribution is 6.14. The summed E-state index contributed by atoms with van der Waals surface area (Å²) in [7, 11) is 2.23. The van der Waals surface area contributed by atoms with Crippen LogP contribution in [0.2, 0.25) is 0 Å². The molecule has 56 heavy (non-hydrogen) atoms. The van der Waals surface area contributed by atoms with Gasteiger partial charge in [0.1, 0.15) is 0 Å². The third-order valence-electron chi connectivity index (χ3n) is 12.0. The largest absolute Gasteiger partial charge is 0.363 e. The van der Waals surface area contributed by atoms with Gasteiger partial charge in [-0.1, -0.05) is 175 Å². The van der Waals surface area contributed by atoms with E-state index in [9.17, 15) is 0 Å². The number of benzene rings is 8. The molecular formula is C54H42N2. The Balaban J connectivity index is 1.23. The predicted molar refractivity (Wildman–Crippen MR) is 234 cm³/mol. The van der Waals surface area contributed by atoms with Crippen LogP contribution in [0, 0.1) is 13.8 Å². The number of hydrogen-bond acceptors (Lipinski definition) is 2. The van der Waals surface area contributed by atoms with Crippen LogP contribution < -0.4 is 4.90 Å². The van der Waals surface area contributed by atoms with Crippen LogP contribution in [0.5, 0.6) is 0 Å². The van der Waals surface area contributed by atoms with Gasteiger partial charge in [-0.2, -0.15) is 0 Å². The van der Waals surface area contributed by atoms with Crippen molar-refractivity contribution in [2.45, 2.75) is 25.3 Å². The monoisotopic (exact) mass is 718 g/mol. The van der Waals surface area contributed by atoms with Crippen LogP contribution in [0.25, 0.3) is 22.3 Å². The lowest BCUT2D eigenvalue weighted by Crippen LogP contribution is -2.28. The fourth-order valence-electron chi connectivity index (χ4n) is 9.32. The molecule has 2 atom stereocenters. The topological polar surface area (TPSA) is 15.6 Å². The lowest BCUT2D eigenvalue weighted by atomic mass is 9.70. The van der Waals surface area contributed by atoms with Gasteiger partial charge in [0.05, 0.1) is 22.9 Å². The SMILES string of the molecule is Cc1ccc(/N=C(\c2ccccc2)c2ccc3c(c2)C2(c4ccccc4-3)c3ccccc3-c3ccc(C(c4ccccc4)N(C)c4ccc(C)cc4)cc32)cc1. The second-order valence-corrected chi connectivity index (χ2v) is 15.3. The van der Waals surface area contributed by atoms with E-state index in [0.29, 0.717) is 0 Å². The maximum Gasteiger partial charge on any atom is 0.0792 e. The normalized spacial score (nSPS) is 15.5. The molecule has 0 aromatic heterocycles. The summed E-state index contributed by atoms with van der Waals surface area (Å²) in [6.07, 6.45) is 0. The van der Waals surface area contributed by atoms with Crippen molar-refractivity contribution in [3.05, 3.63) is 250 Å². The van der Waals surface area contributed by atoms with Gasteiger partial charge in [-0.15, -0.1) is 0 Å². The third-order valence-corrected chi connectivity index (χ3v) is 12.0. The van der Waals surface area contributed by atoms with E-state index >= 15 is 0 Å². The van der Waals surface area contributed by atoms with E-state index in [0.717, 1.165) is 22.5 Å². The van der Waals surface area contributed by atoms with E-state index in [2.05, 4.69) is 220 Å². The summed E-state index contributed by atoms with van der Waals surface area (Å²) in [5.74, 6) is 0. The summed E-state index contributed by atoms with van der Waals surface area (Å²) in [4.78, 5) is 7.78. The molecule has 0 N–H and O–H groups in total. The van der Waals surface area contributed by atoms with Crippen molar-refractivity contribution in [2.24, 2.45) is 4.99 Å². The van der Waals surface area contributed by atoms with Gasteiger partial charge in [-0.05, 0) is 99.8 Å². The van der Waals surface area contributed by atoms with Gasteiger partial charge >= 0.3 is 0 Å². The number of anilines is 1. The van der Waals surface area contributed by atoms with Crippen molar-refractivity contribution in [1.29, 1.82) is 0 Å². The first-order chi connectivity index (χ1) is 27.5. The zero-order valence-corrected chi connectivity index (χ0v) is 31.9. The van der Waals surface area contributed by atoms with Crippen molar-refractivity contribution >= 4 is 17.1 Å². The van der Waals surface area contributed by atoms with Gasteiger partial charge in [0.2, 0.25) is 0 Å². The highest BCUT2D eigenvalue weighted by atomic mass is 15.1. The fraction of sp³-hybridized carbons (Fsp3) is 0.0926. The number of fused-ring (bicyclic) bond motifs is 10. The summed E-state index contributed by atoms with van der Waals surface area (Å²) in [5, 5.41) is 0. The molecule has 2 nitrogen and oxygen atoms in total. The van der Waals surface area contributed by atoms with Gasteiger partial charge in [-0.3, -0.25) is 0 Å². The number of aryl methyl sites for hydroxylation is 2. The van der Waals surface area contributed by atoms with E-state index in [1.165, 1.54) is 72.4 Å². The molecule has 8 aromatic carbocycles. The standard InChI is InChI=1S/C54H42N2/c1-36-22-28-42(29-23-36)55-52(38-14-6-4-7-15-38)40-26-32-46-44-18-10-12-20-48(44)54(50(46)34-40)49-21-13-11-19-45(49)47-33-27-41(35-51(47)54)53(39-16-8-5-9-17-39)56(3)43-30-24-37(2)25-31-43/h4-35,53H,1-3H3/b55-52+. The van der Waals surface area contributed by atoms with E-state index in [1.807, 2.05) is 0 Å². The Morgan fingerprint density at radius 3 is 1.61 bits per heavy atom. The van der Waals surface area contributed by atoms with Crippen molar-refractivity contribution in [1.82, 2.24) is 0 Å². The Hall–Kier alpha value is -6.77. The second kappa shape index (κ2) is 13.5. The van der Waals surface area contributed by atoms with Crippen LogP contribution in [-0.2, 0) is 5.41 Å². The molecule has 2 unspecified atom stereocenters. The number of hydrogen-bond donors (Lipinski definition) is 0. The van der Waals surface area contributed by atoms with Gasteiger partial charge in [0, 0.05) is 23.9 Å². The van der Waals surface area contributed by atoms with Crippen molar-refractivity contribution in [3.8, 4) is 22.3 Å². The second-order valence-electron chi connectivity index (χ2n) is 15.3. The molecule has 10 rings (SSSR count). The highest BCUT2D eigenvalue weighted by Crippen LogP contribution is 2.63. The molecule has 0 radical (unpaired) electrons. The molecule has 0 amide bonds. The van der Waals surface area contributed by atoms with Gasteiger partial charge in [0.25, 0.3) is 0 Å². The Kier molecular flexibility index (Phi) is 8.15. The molecule has 0 aliphatic heterocycles. The van der Waals surface area contributed by atoms with Gasteiger partial charge in [0.15, 0.2) is 0 Å². The first-order valence-corrected chi connectivity index (χ1v) is 19.5. The van der Waals surface area contributed by atoms with E-state index < -0.39 is 5.41 Å². The van der Waals surface area contributed by atoms with Crippen LogP contribution >= 0.6 is 0 Å². The molecule has 1 spiro atoms. The van der Waals surface area contributed by atoms with Crippen molar-refractivity contribution < 1.29 is 0 Å². The molecule has 2 aliphatic rings. The van der Waals surface area contributed by atoms with E-state index in [1.54, 1.807) is 0 Å². The van der Waals surface area contributed by atoms with Crippen LogP contribution in [0.1, 0.15) is 61.7 Å². The lowest BCUT2D eigenvalue weighted by Gasteiger charge is -2.34. The molecule has 2 aliphatic carbocycles. The molecule has 0 saturated carbocycles. The number of nitrogens with zero attached hydrogens (tertiary/aromatic N) is 2. The Labute approximate surface area is 330 Å². The summed E-state index contributed by atoms with van der Waals surface area (Å²) in [6.45, 7) is 4.27. The Morgan fingerprint density at radius 2 is 0.964 bits per heavy atom. The predicted octanol–water partition coefficient (Wildman–Crippen LogP) is 13.0. The molecule has 2 heteroatoms. The summed E-state index contributed by atoms with van der Waals surface area (Å²) < 4.78 is 0. The van der Waals surface area contributed by atoms with Crippen LogP contribution in [0.15, 0.2) is 199 Å². The van der Waals surface area contributed by atoms with Crippen LogP contribution in [0.3, 0.4) is 0 Å². The summed E-state index contributed by atoms with van der Waals surface area (Å²) in [6, 6.07) is 71.4. The maximum atomic E-state index is 5.35. The molecule has 0 fully saturated rings. The molecule has 0 bridgehead atoms. The Morgan fingerprint density at radius 1 is 0.446 bits per heavy atom. The van der Waals surface area contributed by atoms with Crippen molar-refractivity contribution in [2.75, 3.05) is 11.9 Å². The zero-order valence-electron chi connectivity index (χ0n) is 31.9. The summed E-state index contributed by atoms with van der Waals surface area (Å²) in [5.41, 5.74) is 20.2. The molecule has 8 aromatic rings. The highest BCUT2D eigenvalue weighted by Gasteiger charge is 2.52. The van der Waals surface area contributed by atoms with Crippen molar-refractivity contribution in [3.63, 3.8) is 0 Å². The van der Waals surface area contributed by atoms with Crippen LogP contribution in [-0.4, -0.2) is 12.8 Å². The first kappa shape index (κ1) is 33.8. The number of rotatable bonds is 7. The minimum atomic E-state index is -0.515. The minimum Gasteiger partial charge on any atom is -0.363 e. The molecule has 268 valence electrons. The minimum absolute atomic E-state index is 0.00116. The van der Waals surface area contributed by atoms with Gasteiger partial charge < -0.3 is 4.90 Å². The first-order valence-electron chi connectivity index (χ1n) is 19.5. The van der Waals surface area contributed by atoms with E-state index in [-0.39, 0.29) is 6.04 Å². The van der Waals surface area contributed by atoms with Gasteiger partial charge in [-0.25, -0.2) is 4.99 Å². The molecule has 0 heterocycles. The molecule has 0 saturated heterocycles.